The lowest BCUT2D eigenvalue weighted by molar-refractivity contribution is 0.387. The number of hydrogen-bond donors (Lipinski definition) is 3. The zero-order chi connectivity index (χ0) is 20.3. The second kappa shape index (κ2) is 8.04. The second-order valence-corrected chi connectivity index (χ2v) is 8.26. The number of benzene rings is 3. The number of phenolic OH excluding ortho intramolecular Hbond substituents is 2. The van der Waals surface area contributed by atoms with Gasteiger partial charge in [0.25, 0.3) is 10.1 Å². The van der Waals surface area contributed by atoms with Crippen LogP contribution in [0, 0.1) is 0 Å². The SMILES string of the molecule is CC(CC(c1ccccc1)c1cc(O)c(O)c(S(=O)(=O)O)c1)c1ccccc1. The van der Waals surface area contributed by atoms with Crippen LogP contribution in [0.25, 0.3) is 0 Å². The maximum atomic E-state index is 11.6. The van der Waals surface area contributed by atoms with Crippen molar-refractivity contribution >= 4 is 10.1 Å². The third-order valence-electron chi connectivity index (χ3n) is 4.92. The fourth-order valence-corrected chi connectivity index (χ4v) is 4.07. The molecule has 0 aliphatic carbocycles. The molecule has 0 bridgehead atoms. The van der Waals surface area contributed by atoms with Gasteiger partial charge in [-0.15, -0.1) is 0 Å². The van der Waals surface area contributed by atoms with Crippen LogP contribution in [-0.2, 0) is 10.1 Å². The van der Waals surface area contributed by atoms with Gasteiger partial charge in [-0.05, 0) is 41.2 Å². The van der Waals surface area contributed by atoms with Crippen LogP contribution in [0.2, 0.25) is 0 Å². The first-order valence-electron chi connectivity index (χ1n) is 8.90. The lowest BCUT2D eigenvalue weighted by atomic mass is 9.82. The molecule has 146 valence electrons. The first-order valence-corrected chi connectivity index (χ1v) is 10.3. The van der Waals surface area contributed by atoms with E-state index in [2.05, 4.69) is 6.92 Å². The highest BCUT2D eigenvalue weighted by molar-refractivity contribution is 7.86. The van der Waals surface area contributed by atoms with E-state index in [4.69, 9.17) is 0 Å². The van der Waals surface area contributed by atoms with Crippen molar-refractivity contribution in [2.75, 3.05) is 0 Å². The lowest BCUT2D eigenvalue weighted by Crippen LogP contribution is -2.08. The molecule has 0 saturated carbocycles. The Morgan fingerprint density at radius 2 is 1.36 bits per heavy atom. The van der Waals surface area contributed by atoms with Gasteiger partial charge in [-0.25, -0.2) is 0 Å². The van der Waals surface area contributed by atoms with E-state index >= 15 is 0 Å². The summed E-state index contributed by atoms with van der Waals surface area (Å²) in [6, 6.07) is 22.0. The lowest BCUT2D eigenvalue weighted by Gasteiger charge is -2.23. The van der Waals surface area contributed by atoms with Gasteiger partial charge in [0.05, 0.1) is 0 Å². The first kappa shape index (κ1) is 19.9. The predicted octanol–water partition coefficient (Wildman–Crippen LogP) is 4.67. The molecular formula is C22H22O5S. The van der Waals surface area contributed by atoms with Crippen LogP contribution >= 0.6 is 0 Å². The van der Waals surface area contributed by atoms with E-state index < -0.39 is 26.5 Å². The molecule has 0 spiro atoms. The third kappa shape index (κ3) is 4.35. The molecule has 0 heterocycles. The smallest absolute Gasteiger partial charge is 0.298 e. The minimum Gasteiger partial charge on any atom is -0.504 e. The summed E-state index contributed by atoms with van der Waals surface area (Å²) in [5.41, 5.74) is 2.58. The largest absolute Gasteiger partial charge is 0.504 e. The van der Waals surface area contributed by atoms with Crippen LogP contribution in [-0.4, -0.2) is 23.2 Å². The van der Waals surface area contributed by atoms with Gasteiger partial charge >= 0.3 is 0 Å². The summed E-state index contributed by atoms with van der Waals surface area (Å²) in [6.45, 7) is 2.08. The van der Waals surface area contributed by atoms with Gasteiger partial charge in [0.15, 0.2) is 11.5 Å². The maximum absolute atomic E-state index is 11.6. The molecule has 2 atom stereocenters. The van der Waals surface area contributed by atoms with Crippen molar-refractivity contribution in [3.8, 4) is 11.5 Å². The zero-order valence-electron chi connectivity index (χ0n) is 15.4. The van der Waals surface area contributed by atoms with Gasteiger partial charge in [0, 0.05) is 5.92 Å². The van der Waals surface area contributed by atoms with Crippen molar-refractivity contribution in [3.63, 3.8) is 0 Å². The Hall–Kier alpha value is -2.83. The summed E-state index contributed by atoms with van der Waals surface area (Å²) in [6.07, 6.45) is 0.642. The van der Waals surface area contributed by atoms with E-state index in [9.17, 15) is 23.2 Å². The van der Waals surface area contributed by atoms with Crippen molar-refractivity contribution in [2.45, 2.75) is 30.1 Å². The summed E-state index contributed by atoms with van der Waals surface area (Å²) < 4.78 is 32.7. The third-order valence-corrected chi connectivity index (χ3v) is 5.78. The van der Waals surface area contributed by atoms with E-state index in [-0.39, 0.29) is 11.8 Å². The van der Waals surface area contributed by atoms with Crippen molar-refractivity contribution in [1.82, 2.24) is 0 Å². The molecule has 3 rings (SSSR count). The predicted molar refractivity (Wildman–Crippen MR) is 107 cm³/mol. The Labute approximate surface area is 164 Å². The number of aromatic hydroxyl groups is 2. The molecular weight excluding hydrogens is 376 g/mol. The van der Waals surface area contributed by atoms with Crippen LogP contribution in [0.1, 0.15) is 41.9 Å². The Balaban J connectivity index is 2.09. The molecule has 3 N–H and O–H groups in total. The highest BCUT2D eigenvalue weighted by Crippen LogP contribution is 2.41. The standard InChI is InChI=1S/C22H22O5S/c1-15(16-8-4-2-5-9-16)12-19(17-10-6-3-7-11-17)18-13-20(23)22(24)21(14-18)28(25,26)27/h2-11,13-15,19,23-24H,12H2,1H3,(H,25,26,27). The normalized spacial score (nSPS) is 13.8. The Morgan fingerprint density at radius 1 is 0.821 bits per heavy atom. The van der Waals surface area contributed by atoms with E-state index in [1.54, 1.807) is 0 Å². The molecule has 6 heteroatoms. The minimum absolute atomic E-state index is 0.150. The minimum atomic E-state index is -4.68. The van der Waals surface area contributed by atoms with Crippen molar-refractivity contribution in [1.29, 1.82) is 0 Å². The van der Waals surface area contributed by atoms with E-state index in [0.717, 1.165) is 11.1 Å². The second-order valence-electron chi connectivity index (χ2n) is 6.87. The Bertz CT molecular complexity index is 1050. The average Bonchev–Trinajstić information content (AvgIpc) is 2.68. The number of phenols is 2. The summed E-state index contributed by atoms with van der Waals surface area (Å²) in [4.78, 5) is -0.698. The topological polar surface area (TPSA) is 94.8 Å². The molecule has 2 unspecified atom stereocenters. The van der Waals surface area contributed by atoms with Crippen LogP contribution < -0.4 is 0 Å². The van der Waals surface area contributed by atoms with Gasteiger partial charge in [-0.3, -0.25) is 4.55 Å². The molecule has 0 aromatic heterocycles. The fraction of sp³-hybridized carbons (Fsp3) is 0.182. The molecule has 0 aliphatic rings. The number of hydrogen-bond acceptors (Lipinski definition) is 4. The van der Waals surface area contributed by atoms with E-state index in [1.165, 1.54) is 12.1 Å². The average molecular weight is 398 g/mol. The van der Waals surface area contributed by atoms with Gasteiger partial charge in [0.2, 0.25) is 0 Å². The number of rotatable bonds is 6. The van der Waals surface area contributed by atoms with Crippen molar-refractivity contribution in [2.24, 2.45) is 0 Å². The Kier molecular flexibility index (Phi) is 5.72. The van der Waals surface area contributed by atoms with Gasteiger partial charge in [-0.2, -0.15) is 8.42 Å². The highest BCUT2D eigenvalue weighted by Gasteiger charge is 2.25. The molecule has 0 saturated heterocycles. The van der Waals surface area contributed by atoms with Crippen molar-refractivity contribution in [3.05, 3.63) is 89.5 Å². The van der Waals surface area contributed by atoms with Crippen LogP contribution in [0.5, 0.6) is 11.5 Å². The summed E-state index contributed by atoms with van der Waals surface area (Å²) in [5.74, 6) is -1.53. The maximum Gasteiger partial charge on any atom is 0.298 e. The molecule has 3 aromatic rings. The van der Waals surface area contributed by atoms with Crippen LogP contribution in [0.4, 0.5) is 0 Å². The summed E-state index contributed by atoms with van der Waals surface area (Å²) in [7, 11) is -4.68. The molecule has 0 amide bonds. The highest BCUT2D eigenvalue weighted by atomic mass is 32.2. The first-order chi connectivity index (χ1) is 13.3. The zero-order valence-corrected chi connectivity index (χ0v) is 16.2. The molecule has 0 aliphatic heterocycles. The monoisotopic (exact) mass is 398 g/mol. The molecule has 3 aromatic carbocycles. The molecule has 0 radical (unpaired) electrons. The van der Waals surface area contributed by atoms with Gasteiger partial charge in [0.1, 0.15) is 4.90 Å². The summed E-state index contributed by atoms with van der Waals surface area (Å²) >= 11 is 0. The van der Waals surface area contributed by atoms with Crippen molar-refractivity contribution < 1.29 is 23.2 Å². The molecule has 0 fully saturated rings. The van der Waals surface area contributed by atoms with Crippen LogP contribution in [0.15, 0.2) is 77.7 Å². The van der Waals surface area contributed by atoms with Gasteiger partial charge < -0.3 is 10.2 Å². The fourth-order valence-electron chi connectivity index (χ4n) is 3.43. The van der Waals surface area contributed by atoms with E-state index in [0.29, 0.717) is 12.0 Å². The van der Waals surface area contributed by atoms with E-state index in [1.807, 2.05) is 60.7 Å². The Morgan fingerprint density at radius 3 is 1.89 bits per heavy atom. The van der Waals surface area contributed by atoms with Gasteiger partial charge in [-0.1, -0.05) is 67.6 Å². The quantitative estimate of drug-likeness (QED) is 0.414. The van der Waals surface area contributed by atoms with Crippen LogP contribution in [0.3, 0.4) is 0 Å². The summed E-state index contributed by atoms with van der Waals surface area (Å²) in [5, 5.41) is 19.9. The molecule has 5 nitrogen and oxygen atoms in total. The molecule has 28 heavy (non-hydrogen) atoms.